The average Bonchev–Trinajstić information content (AvgIpc) is 3.52. The number of hydrogen-bond donors (Lipinski definition) is 2. The summed E-state index contributed by atoms with van der Waals surface area (Å²) in [5, 5.41) is 15.3. The van der Waals surface area contributed by atoms with Gasteiger partial charge in [0.1, 0.15) is 5.75 Å². The number of halogens is 1. The third-order valence-corrected chi connectivity index (χ3v) is 6.03. The molecule has 4 rings (SSSR count). The summed E-state index contributed by atoms with van der Waals surface area (Å²) in [6.45, 7) is 0.955. The molecule has 0 saturated carbocycles. The van der Waals surface area contributed by atoms with Gasteiger partial charge in [-0.3, -0.25) is 4.79 Å². The first-order valence-corrected chi connectivity index (χ1v) is 11.2. The second-order valence-corrected chi connectivity index (χ2v) is 8.67. The first-order chi connectivity index (χ1) is 14.7. The van der Waals surface area contributed by atoms with Gasteiger partial charge in [0.15, 0.2) is 6.61 Å². The van der Waals surface area contributed by atoms with Gasteiger partial charge < -0.3 is 15.4 Å². The van der Waals surface area contributed by atoms with Gasteiger partial charge in [0, 0.05) is 14.8 Å². The van der Waals surface area contributed by atoms with Crippen molar-refractivity contribution in [2.75, 3.05) is 17.2 Å². The molecular weight excluding hydrogens is 442 g/mol. The molecule has 3 aromatic heterocycles. The third kappa shape index (κ3) is 5.38. The monoisotopic (exact) mass is 459 g/mol. The molecule has 7 nitrogen and oxygen atoms in total. The van der Waals surface area contributed by atoms with Gasteiger partial charge in [-0.15, -0.1) is 27.8 Å². The molecule has 1 aromatic carbocycles. The van der Waals surface area contributed by atoms with Gasteiger partial charge >= 0.3 is 0 Å². The van der Waals surface area contributed by atoms with Crippen LogP contribution in [0.25, 0.3) is 0 Å². The minimum absolute atomic E-state index is 0.178. The molecule has 30 heavy (non-hydrogen) atoms. The second kappa shape index (κ2) is 9.75. The van der Waals surface area contributed by atoms with E-state index < -0.39 is 0 Å². The van der Waals surface area contributed by atoms with E-state index >= 15 is 0 Å². The Morgan fingerprint density at radius 3 is 2.30 bits per heavy atom. The molecule has 0 saturated heterocycles. The second-order valence-electron chi connectivity index (χ2n) is 6.17. The number of thiophene rings is 2. The predicted octanol–water partition coefficient (Wildman–Crippen LogP) is 5.00. The van der Waals surface area contributed by atoms with Crippen molar-refractivity contribution in [3.8, 4) is 5.75 Å². The van der Waals surface area contributed by atoms with Gasteiger partial charge in [0.25, 0.3) is 5.91 Å². The smallest absolute Gasteiger partial charge is 0.288 e. The lowest BCUT2D eigenvalue weighted by molar-refractivity contribution is 0.0824. The maximum absolute atomic E-state index is 12.8. The molecule has 0 bridgehead atoms. The van der Waals surface area contributed by atoms with Crippen LogP contribution in [-0.4, -0.2) is 27.3 Å². The van der Waals surface area contributed by atoms with Crippen LogP contribution in [0.15, 0.2) is 59.3 Å². The summed E-state index contributed by atoms with van der Waals surface area (Å²) in [6, 6.07) is 14.8. The summed E-state index contributed by atoms with van der Waals surface area (Å²) in [5.41, 5.74) is 0. The quantitative estimate of drug-likeness (QED) is 0.366. The molecule has 0 spiro atoms. The summed E-state index contributed by atoms with van der Waals surface area (Å²) in [6.07, 6.45) is 0. The molecule has 154 valence electrons. The van der Waals surface area contributed by atoms with E-state index in [1.807, 2.05) is 35.0 Å². The van der Waals surface area contributed by atoms with Crippen LogP contribution in [0.5, 0.6) is 5.75 Å². The molecule has 0 fully saturated rings. The Balaban J connectivity index is 1.46. The molecule has 0 amide bonds. The van der Waals surface area contributed by atoms with Crippen LogP contribution in [0.2, 0.25) is 5.02 Å². The normalized spacial score (nSPS) is 10.7. The summed E-state index contributed by atoms with van der Waals surface area (Å²) in [7, 11) is 0. The Kier molecular flexibility index (Phi) is 6.63. The number of carbonyl (C=O) groups excluding carboxylic acids is 1. The Morgan fingerprint density at radius 2 is 1.67 bits per heavy atom. The number of nitrogens with one attached hydrogen (secondary N) is 2. The van der Waals surface area contributed by atoms with Gasteiger partial charge in [0.2, 0.25) is 11.9 Å². The molecule has 0 radical (unpaired) electrons. The van der Waals surface area contributed by atoms with Gasteiger partial charge in [-0.1, -0.05) is 23.7 Å². The highest BCUT2D eigenvalue weighted by molar-refractivity contribution is 7.10. The third-order valence-electron chi connectivity index (χ3n) is 4.02. The number of carbonyl (C=O) groups is 1. The van der Waals surface area contributed by atoms with E-state index in [2.05, 4.69) is 20.7 Å². The fraction of sp³-hybridized carbons (Fsp3) is 0.150. The molecule has 0 atom stereocenters. The Morgan fingerprint density at radius 1 is 1.00 bits per heavy atom. The van der Waals surface area contributed by atoms with E-state index in [9.17, 15) is 4.79 Å². The van der Waals surface area contributed by atoms with E-state index in [4.69, 9.17) is 16.3 Å². The first-order valence-electron chi connectivity index (χ1n) is 9.08. The number of anilines is 2. The number of nitrogens with zero attached hydrogens (tertiary/aromatic N) is 3. The molecule has 0 aliphatic carbocycles. The van der Waals surface area contributed by atoms with E-state index in [-0.39, 0.29) is 12.5 Å². The summed E-state index contributed by atoms with van der Waals surface area (Å²) in [4.78, 5) is 19.5. The average molecular weight is 460 g/mol. The van der Waals surface area contributed by atoms with Crippen LogP contribution in [0.3, 0.4) is 0 Å². The highest BCUT2D eigenvalue weighted by Gasteiger charge is 2.17. The standard InChI is InChI=1S/C20H18ClN5O2S2/c21-14-5-7-15(8-6-14)28-13-18(27)26-20(23-12-17-4-2-10-30-17)24-19(25-26)22-11-16-3-1-9-29-16/h1-10H,11-13H2,(H2,22,23,24,25). The van der Waals surface area contributed by atoms with Crippen molar-refractivity contribution in [3.63, 3.8) is 0 Å². The van der Waals surface area contributed by atoms with Crippen molar-refractivity contribution in [3.05, 3.63) is 74.1 Å². The highest BCUT2D eigenvalue weighted by atomic mass is 35.5. The molecular formula is C20H18ClN5O2S2. The van der Waals surface area contributed by atoms with E-state index in [1.54, 1.807) is 46.9 Å². The van der Waals surface area contributed by atoms with E-state index in [1.165, 1.54) is 4.68 Å². The lowest BCUT2D eigenvalue weighted by Crippen LogP contribution is -2.22. The Bertz CT molecular complexity index is 1080. The van der Waals surface area contributed by atoms with Crippen molar-refractivity contribution >= 4 is 52.1 Å². The number of hydrogen-bond acceptors (Lipinski definition) is 8. The van der Waals surface area contributed by atoms with E-state index in [0.29, 0.717) is 35.8 Å². The predicted molar refractivity (Wildman–Crippen MR) is 121 cm³/mol. The fourth-order valence-corrected chi connectivity index (χ4v) is 3.99. The van der Waals surface area contributed by atoms with Gasteiger partial charge in [-0.2, -0.15) is 9.67 Å². The maximum atomic E-state index is 12.8. The van der Waals surface area contributed by atoms with Crippen LogP contribution in [0.1, 0.15) is 14.5 Å². The van der Waals surface area contributed by atoms with Gasteiger partial charge in [0.05, 0.1) is 13.1 Å². The topological polar surface area (TPSA) is 81.1 Å². The SMILES string of the molecule is O=C(COc1ccc(Cl)cc1)n1nc(NCc2cccs2)nc1NCc1cccs1. The van der Waals surface area contributed by atoms with Crippen LogP contribution < -0.4 is 15.4 Å². The van der Waals surface area contributed by atoms with Crippen molar-refractivity contribution in [2.45, 2.75) is 13.1 Å². The number of benzene rings is 1. The molecule has 0 aliphatic heterocycles. The van der Waals surface area contributed by atoms with Crippen LogP contribution in [0, 0.1) is 0 Å². The number of rotatable bonds is 9. The largest absolute Gasteiger partial charge is 0.484 e. The summed E-state index contributed by atoms with van der Waals surface area (Å²) >= 11 is 9.14. The lowest BCUT2D eigenvalue weighted by Gasteiger charge is -2.08. The Labute approximate surface area is 186 Å². The molecule has 4 aromatic rings. The highest BCUT2D eigenvalue weighted by Crippen LogP contribution is 2.18. The Hall–Kier alpha value is -2.88. The lowest BCUT2D eigenvalue weighted by atomic mass is 10.3. The maximum Gasteiger partial charge on any atom is 0.288 e. The number of ether oxygens (including phenoxy) is 1. The zero-order valence-corrected chi connectivity index (χ0v) is 18.1. The zero-order chi connectivity index (χ0) is 20.8. The fourth-order valence-electron chi connectivity index (χ4n) is 2.57. The van der Waals surface area contributed by atoms with Crippen molar-refractivity contribution in [1.29, 1.82) is 0 Å². The van der Waals surface area contributed by atoms with Crippen molar-refractivity contribution < 1.29 is 9.53 Å². The van der Waals surface area contributed by atoms with Crippen molar-refractivity contribution in [2.24, 2.45) is 0 Å². The molecule has 3 heterocycles. The van der Waals surface area contributed by atoms with Gasteiger partial charge in [-0.05, 0) is 47.2 Å². The summed E-state index contributed by atoms with van der Waals surface area (Å²) < 4.78 is 6.81. The number of aromatic nitrogens is 3. The minimum atomic E-state index is -0.338. The first kappa shape index (κ1) is 20.4. The van der Waals surface area contributed by atoms with Crippen molar-refractivity contribution in [1.82, 2.24) is 14.8 Å². The minimum Gasteiger partial charge on any atom is -0.484 e. The van der Waals surface area contributed by atoms with Crippen LogP contribution in [-0.2, 0) is 13.1 Å². The van der Waals surface area contributed by atoms with Gasteiger partial charge in [-0.25, -0.2) is 0 Å². The van der Waals surface area contributed by atoms with E-state index in [0.717, 1.165) is 9.75 Å². The van der Waals surface area contributed by atoms with Crippen LogP contribution in [0.4, 0.5) is 11.9 Å². The molecule has 0 unspecified atom stereocenters. The molecule has 10 heteroatoms. The van der Waals surface area contributed by atoms with Crippen LogP contribution >= 0.6 is 34.3 Å². The molecule has 2 N–H and O–H groups in total. The summed E-state index contributed by atoms with van der Waals surface area (Å²) in [5.74, 6) is 0.950. The zero-order valence-electron chi connectivity index (χ0n) is 15.7. The molecule has 0 aliphatic rings.